The van der Waals surface area contributed by atoms with Gasteiger partial charge in [0.2, 0.25) is 0 Å². The van der Waals surface area contributed by atoms with Crippen LogP contribution in [0.1, 0.15) is 44.2 Å². The summed E-state index contributed by atoms with van der Waals surface area (Å²) in [4.78, 5) is 23.0. The van der Waals surface area contributed by atoms with E-state index in [1.165, 1.54) is 5.56 Å². The van der Waals surface area contributed by atoms with Gasteiger partial charge in [-0.05, 0) is 30.4 Å². The molecule has 1 aliphatic heterocycles. The van der Waals surface area contributed by atoms with E-state index in [1.807, 2.05) is 24.3 Å². The lowest BCUT2D eigenvalue weighted by atomic mass is 9.89. The van der Waals surface area contributed by atoms with Gasteiger partial charge in [-0.3, -0.25) is 10.1 Å². The van der Waals surface area contributed by atoms with Gasteiger partial charge in [0.1, 0.15) is 5.54 Å². The number of amides is 3. The first kappa shape index (κ1) is 12.6. The topological polar surface area (TPSA) is 58.2 Å². The van der Waals surface area contributed by atoms with Crippen molar-refractivity contribution in [2.75, 3.05) is 0 Å². The number of carbonyl (C=O) groups excluding carboxylic acids is 2. The lowest BCUT2D eigenvalue weighted by Crippen LogP contribution is -2.40. The first-order chi connectivity index (χ1) is 8.47. The van der Waals surface area contributed by atoms with Gasteiger partial charge in [-0.2, -0.15) is 0 Å². The minimum Gasteiger partial charge on any atom is -0.320 e. The Kier molecular flexibility index (Phi) is 3.11. The van der Waals surface area contributed by atoms with E-state index in [1.54, 1.807) is 6.92 Å². The average molecular weight is 246 g/mol. The molecule has 1 aliphatic rings. The summed E-state index contributed by atoms with van der Waals surface area (Å²) >= 11 is 0. The van der Waals surface area contributed by atoms with Crippen molar-refractivity contribution >= 4 is 11.9 Å². The number of nitrogens with one attached hydrogen (secondary N) is 2. The molecule has 0 aliphatic carbocycles. The molecule has 2 atom stereocenters. The van der Waals surface area contributed by atoms with E-state index in [4.69, 9.17) is 0 Å². The predicted molar refractivity (Wildman–Crippen MR) is 69.2 cm³/mol. The van der Waals surface area contributed by atoms with Gasteiger partial charge in [-0.1, -0.05) is 38.1 Å². The molecule has 2 unspecified atom stereocenters. The molecule has 3 amide bonds. The van der Waals surface area contributed by atoms with Crippen molar-refractivity contribution in [1.82, 2.24) is 10.6 Å². The van der Waals surface area contributed by atoms with Crippen LogP contribution in [0.2, 0.25) is 0 Å². The van der Waals surface area contributed by atoms with E-state index >= 15 is 0 Å². The van der Waals surface area contributed by atoms with Gasteiger partial charge < -0.3 is 5.32 Å². The van der Waals surface area contributed by atoms with Crippen molar-refractivity contribution in [3.05, 3.63) is 35.4 Å². The van der Waals surface area contributed by atoms with Crippen molar-refractivity contribution in [1.29, 1.82) is 0 Å². The molecule has 0 saturated carbocycles. The summed E-state index contributed by atoms with van der Waals surface area (Å²) in [6.45, 7) is 6.02. The van der Waals surface area contributed by atoms with E-state index in [0.717, 1.165) is 12.0 Å². The standard InChI is InChI=1S/C14H18N2O2/c1-4-9(2)10-5-7-11(8-6-10)14(3)12(17)15-13(18)16-14/h5-9H,4H2,1-3H3,(H2,15,16,17,18). The highest BCUT2D eigenvalue weighted by Gasteiger charge is 2.43. The van der Waals surface area contributed by atoms with Gasteiger partial charge in [0.25, 0.3) is 5.91 Å². The molecule has 2 rings (SSSR count). The Morgan fingerprint density at radius 2 is 1.83 bits per heavy atom. The Labute approximate surface area is 107 Å². The number of benzene rings is 1. The Bertz CT molecular complexity index is 481. The quantitative estimate of drug-likeness (QED) is 0.804. The van der Waals surface area contributed by atoms with Crippen LogP contribution < -0.4 is 10.6 Å². The maximum absolute atomic E-state index is 11.8. The fourth-order valence-corrected chi connectivity index (χ4v) is 2.13. The van der Waals surface area contributed by atoms with Gasteiger partial charge in [-0.25, -0.2) is 4.79 Å². The Morgan fingerprint density at radius 3 is 2.28 bits per heavy atom. The third-order valence-electron chi connectivity index (χ3n) is 3.71. The fourth-order valence-electron chi connectivity index (χ4n) is 2.13. The summed E-state index contributed by atoms with van der Waals surface area (Å²) in [5, 5.41) is 4.92. The summed E-state index contributed by atoms with van der Waals surface area (Å²) in [5.74, 6) is 0.197. The molecule has 96 valence electrons. The molecule has 18 heavy (non-hydrogen) atoms. The zero-order valence-corrected chi connectivity index (χ0v) is 10.9. The normalized spacial score (nSPS) is 24.6. The Hall–Kier alpha value is -1.84. The minimum atomic E-state index is -0.953. The molecule has 0 aromatic heterocycles. The van der Waals surface area contributed by atoms with Crippen LogP contribution in [0, 0.1) is 0 Å². The van der Waals surface area contributed by atoms with Crippen molar-refractivity contribution in [3.63, 3.8) is 0 Å². The van der Waals surface area contributed by atoms with Crippen LogP contribution in [0.5, 0.6) is 0 Å². The third-order valence-corrected chi connectivity index (χ3v) is 3.71. The highest BCUT2D eigenvalue weighted by molar-refractivity contribution is 6.07. The number of urea groups is 1. The number of imide groups is 1. The molecular formula is C14H18N2O2. The van der Waals surface area contributed by atoms with Gasteiger partial charge in [0.05, 0.1) is 0 Å². The SMILES string of the molecule is CCC(C)c1ccc(C2(C)NC(=O)NC2=O)cc1. The smallest absolute Gasteiger partial charge is 0.320 e. The second-order valence-corrected chi connectivity index (χ2v) is 4.96. The van der Waals surface area contributed by atoms with Crippen molar-refractivity contribution in [2.24, 2.45) is 0 Å². The number of hydrogen-bond acceptors (Lipinski definition) is 2. The molecule has 0 bridgehead atoms. The number of hydrogen-bond donors (Lipinski definition) is 2. The van der Waals surface area contributed by atoms with Gasteiger partial charge in [-0.15, -0.1) is 0 Å². The minimum absolute atomic E-state index is 0.302. The van der Waals surface area contributed by atoms with Crippen molar-refractivity contribution < 1.29 is 9.59 Å². The van der Waals surface area contributed by atoms with E-state index in [-0.39, 0.29) is 5.91 Å². The lowest BCUT2D eigenvalue weighted by molar-refractivity contribution is -0.123. The molecular weight excluding hydrogens is 228 g/mol. The second-order valence-electron chi connectivity index (χ2n) is 4.96. The monoisotopic (exact) mass is 246 g/mol. The summed E-state index contributed by atoms with van der Waals surface area (Å²) in [6.07, 6.45) is 1.08. The second kappa shape index (κ2) is 4.44. The maximum atomic E-state index is 11.8. The van der Waals surface area contributed by atoms with E-state index in [2.05, 4.69) is 24.5 Å². The molecule has 1 aromatic rings. The largest absolute Gasteiger partial charge is 0.322 e. The van der Waals surface area contributed by atoms with E-state index in [0.29, 0.717) is 5.92 Å². The lowest BCUT2D eigenvalue weighted by Gasteiger charge is -2.21. The van der Waals surface area contributed by atoms with Gasteiger partial charge in [0, 0.05) is 0 Å². The Morgan fingerprint density at radius 1 is 1.22 bits per heavy atom. The molecule has 1 aromatic carbocycles. The third kappa shape index (κ3) is 1.98. The van der Waals surface area contributed by atoms with Crippen LogP contribution in [0.3, 0.4) is 0 Å². The fraction of sp³-hybridized carbons (Fsp3) is 0.429. The zero-order valence-electron chi connectivity index (χ0n) is 10.9. The highest BCUT2D eigenvalue weighted by atomic mass is 16.2. The molecule has 2 N–H and O–H groups in total. The molecule has 4 nitrogen and oxygen atoms in total. The predicted octanol–water partition coefficient (Wildman–Crippen LogP) is 2.25. The van der Waals surface area contributed by atoms with Crippen LogP contribution >= 0.6 is 0 Å². The van der Waals surface area contributed by atoms with E-state index in [9.17, 15) is 9.59 Å². The highest BCUT2D eigenvalue weighted by Crippen LogP contribution is 2.26. The molecule has 1 fully saturated rings. The van der Waals surface area contributed by atoms with Crippen LogP contribution in [0.25, 0.3) is 0 Å². The first-order valence-corrected chi connectivity index (χ1v) is 6.21. The molecule has 1 heterocycles. The summed E-state index contributed by atoms with van der Waals surface area (Å²) < 4.78 is 0. The maximum Gasteiger partial charge on any atom is 0.322 e. The summed E-state index contributed by atoms with van der Waals surface area (Å²) in [6, 6.07) is 7.42. The van der Waals surface area contributed by atoms with Gasteiger partial charge >= 0.3 is 6.03 Å². The molecule has 4 heteroatoms. The number of carbonyl (C=O) groups is 2. The zero-order chi connectivity index (χ0) is 13.3. The van der Waals surface area contributed by atoms with Crippen molar-refractivity contribution in [2.45, 2.75) is 38.6 Å². The van der Waals surface area contributed by atoms with Crippen LogP contribution in [0.15, 0.2) is 24.3 Å². The first-order valence-electron chi connectivity index (χ1n) is 6.21. The van der Waals surface area contributed by atoms with Crippen LogP contribution in [-0.2, 0) is 10.3 Å². The van der Waals surface area contributed by atoms with Crippen LogP contribution in [0.4, 0.5) is 4.79 Å². The average Bonchev–Trinajstić information content (AvgIpc) is 2.63. The van der Waals surface area contributed by atoms with Crippen LogP contribution in [-0.4, -0.2) is 11.9 Å². The molecule has 1 saturated heterocycles. The summed E-state index contributed by atoms with van der Waals surface area (Å²) in [7, 11) is 0. The Balaban J connectivity index is 2.30. The molecule has 0 radical (unpaired) electrons. The number of rotatable bonds is 3. The van der Waals surface area contributed by atoms with Gasteiger partial charge in [0.15, 0.2) is 0 Å². The molecule has 0 spiro atoms. The van der Waals surface area contributed by atoms with E-state index < -0.39 is 11.6 Å². The van der Waals surface area contributed by atoms with Crippen molar-refractivity contribution in [3.8, 4) is 0 Å². The summed E-state index contributed by atoms with van der Waals surface area (Å²) in [5.41, 5.74) is 1.10.